The molecule has 0 radical (unpaired) electrons. The molecule has 29 heavy (non-hydrogen) atoms. The van der Waals surface area contributed by atoms with Crippen molar-refractivity contribution in [1.82, 2.24) is 14.9 Å². The van der Waals surface area contributed by atoms with Crippen molar-refractivity contribution in [2.24, 2.45) is 21.5 Å². The zero-order chi connectivity index (χ0) is 20.9. The van der Waals surface area contributed by atoms with Gasteiger partial charge in [-0.15, -0.1) is 0 Å². The Morgan fingerprint density at radius 1 is 1.38 bits per heavy atom. The Morgan fingerprint density at radius 2 is 2.17 bits per heavy atom. The van der Waals surface area contributed by atoms with Crippen LogP contribution in [0, 0.1) is 11.5 Å². The van der Waals surface area contributed by atoms with Gasteiger partial charge in [-0.25, -0.2) is 14.9 Å². The Hall–Kier alpha value is -3.45. The van der Waals surface area contributed by atoms with Crippen molar-refractivity contribution in [2.45, 2.75) is 5.75 Å². The Morgan fingerprint density at radius 3 is 2.90 bits per heavy atom. The Bertz CT molecular complexity index is 881. The molecule has 0 aliphatic heterocycles. The van der Waals surface area contributed by atoms with Gasteiger partial charge in [0, 0.05) is 30.8 Å². The van der Waals surface area contributed by atoms with Gasteiger partial charge in [0.1, 0.15) is 0 Å². The third-order valence-corrected chi connectivity index (χ3v) is 4.68. The molecular weight excluding hydrogens is 386 g/mol. The molecule has 1 aromatic heterocycles. The topological polar surface area (TPSA) is 144 Å². The van der Waals surface area contributed by atoms with E-state index in [0.29, 0.717) is 30.5 Å². The van der Waals surface area contributed by atoms with Crippen LogP contribution in [0.5, 0.6) is 0 Å². The summed E-state index contributed by atoms with van der Waals surface area (Å²) in [6.07, 6.45) is 7.68. The minimum Gasteiger partial charge on any atom is -0.370 e. The predicted octanol–water partition coefficient (Wildman–Crippen LogP) is 1.81. The van der Waals surface area contributed by atoms with Gasteiger partial charge in [0.25, 0.3) is 0 Å². The van der Waals surface area contributed by atoms with E-state index in [9.17, 15) is 5.26 Å². The summed E-state index contributed by atoms with van der Waals surface area (Å²) in [6.45, 7) is 0.897. The van der Waals surface area contributed by atoms with Crippen LogP contribution in [0.25, 0.3) is 6.08 Å². The molecule has 0 aliphatic rings. The van der Waals surface area contributed by atoms with Crippen LogP contribution in [0.4, 0.5) is 5.95 Å². The maximum atomic E-state index is 9.30. The predicted molar refractivity (Wildman–Crippen MR) is 120 cm³/mol. The average molecular weight is 412 g/mol. The first-order valence-electron chi connectivity index (χ1n) is 8.92. The fourth-order valence-corrected chi connectivity index (χ4v) is 3.03. The second-order valence-electron chi connectivity index (χ2n) is 5.81. The third-order valence-electron chi connectivity index (χ3n) is 3.70. The normalized spacial score (nSPS) is 12.1. The highest BCUT2D eigenvalue weighted by Crippen LogP contribution is 2.12. The quantitative estimate of drug-likeness (QED) is 0.162. The first kappa shape index (κ1) is 21.8. The molecule has 2 aromatic rings. The van der Waals surface area contributed by atoms with Gasteiger partial charge in [-0.05, 0) is 5.56 Å². The lowest BCUT2D eigenvalue weighted by molar-refractivity contribution is 0.604. The van der Waals surface area contributed by atoms with Gasteiger partial charge in [-0.1, -0.05) is 42.5 Å². The third kappa shape index (κ3) is 7.98. The molecule has 0 saturated heterocycles. The lowest BCUT2D eigenvalue weighted by atomic mass is 10.2. The number of anilines is 1. The van der Waals surface area contributed by atoms with Crippen molar-refractivity contribution in [1.29, 1.82) is 5.26 Å². The molecule has 0 saturated carbocycles. The molecule has 0 aliphatic carbocycles. The number of aromatic amines is 1. The van der Waals surface area contributed by atoms with Crippen LogP contribution in [-0.2, 0) is 5.75 Å². The number of aliphatic imine (C=N–C) groups is 2. The van der Waals surface area contributed by atoms with Gasteiger partial charge in [0.15, 0.2) is 12.2 Å². The summed E-state index contributed by atoms with van der Waals surface area (Å²) in [4.78, 5) is 16.7. The zero-order valence-corrected chi connectivity index (χ0v) is 17.1. The lowest BCUT2D eigenvalue weighted by Crippen LogP contribution is -2.35. The fourth-order valence-electron chi connectivity index (χ4n) is 2.21. The summed E-state index contributed by atoms with van der Waals surface area (Å²) < 4.78 is 0. The number of nitrogens with two attached hydrogens (primary N) is 2. The molecule has 1 heterocycles. The molecule has 10 heteroatoms. The summed E-state index contributed by atoms with van der Waals surface area (Å²) in [5.41, 5.74) is 13.6. The van der Waals surface area contributed by atoms with E-state index >= 15 is 0 Å². The van der Waals surface area contributed by atoms with Crippen molar-refractivity contribution in [3.8, 4) is 6.19 Å². The number of nitrogens with one attached hydrogen (secondary N) is 2. The number of guanidine groups is 2. The van der Waals surface area contributed by atoms with Gasteiger partial charge in [-0.3, -0.25) is 10.3 Å². The summed E-state index contributed by atoms with van der Waals surface area (Å²) in [5, 5.41) is 12.1. The maximum Gasteiger partial charge on any atom is 0.207 e. The van der Waals surface area contributed by atoms with E-state index < -0.39 is 0 Å². The SMILES string of the molecule is CN=C(N)Nc1ncc(CSCCN(C#N)C(N)=NCC=Cc2ccccc2)[nH]1. The van der Waals surface area contributed by atoms with Gasteiger partial charge in [-0.2, -0.15) is 17.0 Å². The van der Waals surface area contributed by atoms with Gasteiger partial charge < -0.3 is 16.5 Å². The van der Waals surface area contributed by atoms with Crippen molar-refractivity contribution in [2.75, 3.05) is 31.2 Å². The summed E-state index contributed by atoms with van der Waals surface area (Å²) in [5.74, 6) is 2.48. The van der Waals surface area contributed by atoms with Crippen molar-refractivity contribution in [3.63, 3.8) is 0 Å². The van der Waals surface area contributed by atoms with Crippen molar-refractivity contribution >= 4 is 35.7 Å². The number of aromatic nitrogens is 2. The monoisotopic (exact) mass is 411 g/mol. The maximum absolute atomic E-state index is 9.30. The van der Waals surface area contributed by atoms with Gasteiger partial charge in [0.2, 0.25) is 11.9 Å². The molecule has 0 atom stereocenters. The van der Waals surface area contributed by atoms with Crippen LogP contribution in [0.2, 0.25) is 0 Å². The molecule has 0 bridgehead atoms. The number of benzene rings is 1. The number of nitrogens with zero attached hydrogens (tertiary/aromatic N) is 5. The fraction of sp³-hybridized carbons (Fsp3) is 0.263. The van der Waals surface area contributed by atoms with Gasteiger partial charge in [0.05, 0.1) is 12.7 Å². The molecule has 152 valence electrons. The standard InChI is InChI=1S/C19H25N9S/c1-23-17(21)27-19-25-12-16(26-19)13-29-11-10-28(14-20)18(22)24-9-5-8-15-6-3-2-4-7-15/h2-8,12H,9-11,13H2,1H3,(H2,22,24)(H4,21,23,25,26,27). The molecule has 0 unspecified atom stereocenters. The van der Waals surface area contributed by atoms with E-state index in [1.807, 2.05) is 42.5 Å². The number of rotatable bonds is 9. The lowest BCUT2D eigenvalue weighted by Gasteiger charge is -2.13. The number of imidazole rings is 1. The van der Waals surface area contributed by atoms with Crippen LogP contribution in [0.15, 0.2) is 52.6 Å². The van der Waals surface area contributed by atoms with Crippen LogP contribution in [-0.4, -0.2) is 52.7 Å². The zero-order valence-electron chi connectivity index (χ0n) is 16.2. The number of thioether (sulfide) groups is 1. The van der Waals surface area contributed by atoms with Crippen molar-refractivity contribution in [3.05, 3.63) is 53.9 Å². The van der Waals surface area contributed by atoms with E-state index in [-0.39, 0.29) is 11.9 Å². The van der Waals surface area contributed by atoms with E-state index in [4.69, 9.17) is 11.5 Å². The van der Waals surface area contributed by atoms with Crippen LogP contribution in [0.1, 0.15) is 11.3 Å². The van der Waals surface area contributed by atoms with Crippen LogP contribution >= 0.6 is 11.8 Å². The first-order valence-corrected chi connectivity index (χ1v) is 10.1. The van der Waals surface area contributed by atoms with Gasteiger partial charge >= 0.3 is 0 Å². The number of hydrogen-bond donors (Lipinski definition) is 4. The second-order valence-corrected chi connectivity index (χ2v) is 6.91. The first-order chi connectivity index (χ1) is 14.1. The van der Waals surface area contributed by atoms with E-state index in [0.717, 1.165) is 11.3 Å². The van der Waals surface area contributed by atoms with Crippen LogP contribution < -0.4 is 16.8 Å². The highest BCUT2D eigenvalue weighted by molar-refractivity contribution is 7.98. The molecule has 9 nitrogen and oxygen atoms in total. The average Bonchev–Trinajstić information content (AvgIpc) is 3.18. The number of hydrogen-bond acceptors (Lipinski definition) is 5. The Kier molecular flexibility index (Phi) is 9.11. The van der Waals surface area contributed by atoms with E-state index in [1.54, 1.807) is 25.0 Å². The van der Waals surface area contributed by atoms with Crippen LogP contribution in [0.3, 0.4) is 0 Å². The minimum atomic E-state index is 0.216. The van der Waals surface area contributed by atoms with Crippen molar-refractivity contribution < 1.29 is 0 Å². The summed E-state index contributed by atoms with van der Waals surface area (Å²) >= 11 is 1.65. The molecule has 1 aromatic carbocycles. The molecule has 0 fully saturated rings. The number of H-pyrrole nitrogens is 1. The van der Waals surface area contributed by atoms with E-state index in [1.165, 1.54) is 4.90 Å². The highest BCUT2D eigenvalue weighted by Gasteiger charge is 2.07. The Labute approximate surface area is 174 Å². The summed E-state index contributed by atoms with van der Waals surface area (Å²) in [6, 6.07) is 9.93. The summed E-state index contributed by atoms with van der Waals surface area (Å²) in [7, 11) is 1.59. The molecule has 0 spiro atoms. The molecule has 6 N–H and O–H groups in total. The number of nitriles is 1. The smallest absolute Gasteiger partial charge is 0.207 e. The molecule has 0 amide bonds. The highest BCUT2D eigenvalue weighted by atomic mass is 32.2. The Balaban J connectivity index is 1.72. The molecular formula is C19H25N9S. The van der Waals surface area contributed by atoms with E-state index in [2.05, 4.69) is 31.5 Å². The minimum absolute atomic E-state index is 0.216. The second kappa shape index (κ2) is 12.1. The molecule has 2 rings (SSSR count). The largest absolute Gasteiger partial charge is 0.370 e.